The normalized spacial score (nSPS) is 10.2. The molecule has 1 amide bonds. The molecule has 18 heavy (non-hydrogen) atoms. The van der Waals surface area contributed by atoms with Gasteiger partial charge in [0.15, 0.2) is 0 Å². The van der Waals surface area contributed by atoms with Crippen LogP contribution in [-0.4, -0.2) is 15.9 Å². The molecule has 0 saturated heterocycles. The summed E-state index contributed by atoms with van der Waals surface area (Å²) in [7, 11) is 0. The fourth-order valence-corrected chi connectivity index (χ4v) is 1.77. The summed E-state index contributed by atoms with van der Waals surface area (Å²) in [5, 5.41) is 2.75. The Bertz CT molecular complexity index is 604. The lowest BCUT2D eigenvalue weighted by Gasteiger charge is -2.06. The van der Waals surface area contributed by atoms with Crippen LogP contribution in [-0.2, 0) is 0 Å². The minimum Gasteiger partial charge on any atom is -0.306 e. The molecule has 4 nitrogen and oxygen atoms in total. The molecule has 0 atom stereocenters. The van der Waals surface area contributed by atoms with Gasteiger partial charge in [-0.15, -0.1) is 0 Å². The first-order valence-corrected chi connectivity index (χ1v) is 6.29. The van der Waals surface area contributed by atoms with Crippen molar-refractivity contribution in [3.63, 3.8) is 0 Å². The van der Waals surface area contributed by atoms with Crippen LogP contribution in [0.2, 0.25) is 5.28 Å². The summed E-state index contributed by atoms with van der Waals surface area (Å²) in [6.45, 7) is 1.92. The zero-order valence-electron chi connectivity index (χ0n) is 9.45. The number of hydrogen-bond donors (Lipinski definition) is 1. The summed E-state index contributed by atoms with van der Waals surface area (Å²) in [5.41, 5.74) is 1.55. The third-order valence-electron chi connectivity index (χ3n) is 2.29. The van der Waals surface area contributed by atoms with E-state index in [1.54, 1.807) is 18.2 Å². The Balaban J connectivity index is 2.19. The molecule has 92 valence electrons. The molecule has 2 rings (SSSR count). The van der Waals surface area contributed by atoms with E-state index in [4.69, 9.17) is 11.6 Å². The first-order valence-electron chi connectivity index (χ1n) is 5.12. The molecule has 0 aliphatic heterocycles. The number of nitrogens with zero attached hydrogens (tertiary/aromatic N) is 2. The van der Waals surface area contributed by atoms with Crippen molar-refractivity contribution in [1.29, 1.82) is 0 Å². The van der Waals surface area contributed by atoms with Crippen LogP contribution >= 0.6 is 27.5 Å². The first-order chi connectivity index (χ1) is 8.56. The van der Waals surface area contributed by atoms with E-state index in [2.05, 4.69) is 31.2 Å². The lowest BCUT2D eigenvalue weighted by Crippen LogP contribution is -2.13. The summed E-state index contributed by atoms with van der Waals surface area (Å²) >= 11 is 9.03. The predicted octanol–water partition coefficient (Wildman–Crippen LogP) is 3.45. The van der Waals surface area contributed by atoms with Crippen molar-refractivity contribution in [3.8, 4) is 0 Å². The predicted molar refractivity (Wildman–Crippen MR) is 73.9 cm³/mol. The first kappa shape index (κ1) is 13.0. The van der Waals surface area contributed by atoms with Crippen LogP contribution in [0.4, 0.5) is 5.82 Å². The number of aromatic nitrogens is 2. The minimum atomic E-state index is -0.236. The largest absolute Gasteiger partial charge is 0.306 e. The van der Waals surface area contributed by atoms with Crippen molar-refractivity contribution in [2.75, 3.05) is 5.32 Å². The number of nitrogens with one attached hydrogen (secondary N) is 1. The summed E-state index contributed by atoms with van der Waals surface area (Å²) in [5.74, 6) is 0.140. The van der Waals surface area contributed by atoms with Gasteiger partial charge >= 0.3 is 0 Å². The SMILES string of the molecule is Cc1cc(C(=O)Nc2ccnc(Cl)n2)ccc1Br. The van der Waals surface area contributed by atoms with Crippen molar-refractivity contribution in [2.24, 2.45) is 0 Å². The smallest absolute Gasteiger partial charge is 0.256 e. The zero-order valence-corrected chi connectivity index (χ0v) is 11.8. The number of halogens is 2. The second-order valence-electron chi connectivity index (χ2n) is 3.63. The van der Waals surface area contributed by atoms with Gasteiger partial charge in [-0.3, -0.25) is 4.79 Å². The number of hydrogen-bond acceptors (Lipinski definition) is 3. The molecule has 0 spiro atoms. The van der Waals surface area contributed by atoms with Gasteiger partial charge in [-0.25, -0.2) is 9.97 Å². The molecule has 1 N–H and O–H groups in total. The van der Waals surface area contributed by atoms with Crippen molar-refractivity contribution in [3.05, 3.63) is 51.3 Å². The molecule has 0 aliphatic rings. The molecule has 0 bridgehead atoms. The van der Waals surface area contributed by atoms with Gasteiger partial charge in [0, 0.05) is 16.2 Å². The Labute approximate surface area is 118 Å². The van der Waals surface area contributed by atoms with Crippen LogP contribution in [0.25, 0.3) is 0 Å². The van der Waals surface area contributed by atoms with E-state index in [-0.39, 0.29) is 11.2 Å². The fourth-order valence-electron chi connectivity index (χ4n) is 1.38. The van der Waals surface area contributed by atoms with Crippen LogP contribution < -0.4 is 5.32 Å². The van der Waals surface area contributed by atoms with Crippen LogP contribution in [0.5, 0.6) is 0 Å². The molecule has 0 aliphatic carbocycles. The number of benzene rings is 1. The summed E-state index contributed by atoms with van der Waals surface area (Å²) in [6, 6.07) is 6.93. The zero-order chi connectivity index (χ0) is 13.1. The Morgan fingerprint density at radius 2 is 2.17 bits per heavy atom. The van der Waals surface area contributed by atoms with E-state index < -0.39 is 0 Å². The Morgan fingerprint density at radius 3 is 2.83 bits per heavy atom. The molecular formula is C12H9BrClN3O. The molecule has 2 aromatic rings. The van der Waals surface area contributed by atoms with Crippen LogP contribution in [0.1, 0.15) is 15.9 Å². The fraction of sp³-hybridized carbons (Fsp3) is 0.0833. The van der Waals surface area contributed by atoms with Crippen molar-refractivity contribution < 1.29 is 4.79 Å². The lowest BCUT2D eigenvalue weighted by molar-refractivity contribution is 0.102. The Hall–Kier alpha value is -1.46. The number of carbonyl (C=O) groups excluding carboxylic acids is 1. The average molecular weight is 327 g/mol. The van der Waals surface area contributed by atoms with Gasteiger partial charge < -0.3 is 5.32 Å². The van der Waals surface area contributed by atoms with Crippen LogP contribution in [0, 0.1) is 6.92 Å². The molecule has 0 saturated carbocycles. The number of rotatable bonds is 2. The highest BCUT2D eigenvalue weighted by molar-refractivity contribution is 9.10. The van der Waals surface area contributed by atoms with E-state index in [0.29, 0.717) is 11.4 Å². The van der Waals surface area contributed by atoms with Gasteiger partial charge in [-0.05, 0) is 48.4 Å². The standard InChI is InChI=1S/C12H9BrClN3O/c1-7-6-8(2-3-9(7)13)11(18)16-10-4-5-15-12(14)17-10/h2-6H,1H3,(H,15,16,17,18). The second kappa shape index (κ2) is 5.46. The topological polar surface area (TPSA) is 54.9 Å². The molecule has 1 aromatic carbocycles. The molecule has 0 fully saturated rings. The monoisotopic (exact) mass is 325 g/mol. The minimum absolute atomic E-state index is 0.0970. The average Bonchev–Trinajstić information content (AvgIpc) is 2.32. The van der Waals surface area contributed by atoms with Gasteiger partial charge in [0.25, 0.3) is 5.91 Å². The summed E-state index contributed by atoms with van der Waals surface area (Å²) in [6.07, 6.45) is 1.48. The number of anilines is 1. The van der Waals surface area contributed by atoms with Gasteiger partial charge in [-0.1, -0.05) is 15.9 Å². The number of aryl methyl sites for hydroxylation is 1. The van der Waals surface area contributed by atoms with E-state index in [9.17, 15) is 4.79 Å². The molecule has 0 unspecified atom stereocenters. The maximum Gasteiger partial charge on any atom is 0.256 e. The maximum absolute atomic E-state index is 12.0. The van der Waals surface area contributed by atoms with E-state index >= 15 is 0 Å². The van der Waals surface area contributed by atoms with E-state index in [1.807, 2.05) is 13.0 Å². The lowest BCUT2D eigenvalue weighted by atomic mass is 10.1. The van der Waals surface area contributed by atoms with E-state index in [1.165, 1.54) is 6.20 Å². The Morgan fingerprint density at radius 1 is 1.39 bits per heavy atom. The summed E-state index contributed by atoms with van der Waals surface area (Å²) in [4.78, 5) is 19.6. The van der Waals surface area contributed by atoms with Gasteiger partial charge in [-0.2, -0.15) is 0 Å². The number of carbonyl (C=O) groups is 1. The van der Waals surface area contributed by atoms with E-state index in [0.717, 1.165) is 10.0 Å². The van der Waals surface area contributed by atoms with Crippen LogP contribution in [0.3, 0.4) is 0 Å². The van der Waals surface area contributed by atoms with Crippen molar-refractivity contribution >= 4 is 39.3 Å². The quantitative estimate of drug-likeness (QED) is 0.860. The number of amides is 1. The van der Waals surface area contributed by atoms with Crippen LogP contribution in [0.15, 0.2) is 34.9 Å². The summed E-state index contributed by atoms with van der Waals surface area (Å²) < 4.78 is 0.962. The second-order valence-corrected chi connectivity index (χ2v) is 4.82. The highest BCUT2D eigenvalue weighted by Crippen LogP contribution is 2.18. The van der Waals surface area contributed by atoms with Gasteiger partial charge in [0.05, 0.1) is 0 Å². The highest BCUT2D eigenvalue weighted by atomic mass is 79.9. The maximum atomic E-state index is 12.0. The van der Waals surface area contributed by atoms with Crippen molar-refractivity contribution in [2.45, 2.75) is 6.92 Å². The highest BCUT2D eigenvalue weighted by Gasteiger charge is 2.08. The molecule has 6 heteroatoms. The van der Waals surface area contributed by atoms with Gasteiger partial charge in [0.2, 0.25) is 5.28 Å². The Kier molecular flexibility index (Phi) is 3.93. The molecule has 1 aromatic heterocycles. The molecular weight excluding hydrogens is 318 g/mol. The molecule has 0 radical (unpaired) electrons. The molecule has 1 heterocycles. The third-order valence-corrected chi connectivity index (χ3v) is 3.36. The third kappa shape index (κ3) is 3.05. The van der Waals surface area contributed by atoms with Crippen molar-refractivity contribution in [1.82, 2.24) is 9.97 Å². The van der Waals surface area contributed by atoms with Gasteiger partial charge in [0.1, 0.15) is 5.82 Å².